The Morgan fingerprint density at radius 3 is 2.76 bits per heavy atom. The molecule has 0 atom stereocenters. The van der Waals surface area contributed by atoms with Gasteiger partial charge in [-0.3, -0.25) is 5.43 Å². The molecular weight excluding hydrogens is 306 g/mol. The van der Waals surface area contributed by atoms with Crippen molar-refractivity contribution in [3.63, 3.8) is 0 Å². The Kier molecular flexibility index (Phi) is 4.19. The van der Waals surface area contributed by atoms with E-state index in [9.17, 15) is 0 Å². The molecule has 7 heteroatoms. The molecule has 3 rings (SSSR count). The predicted octanol–water partition coefficient (Wildman–Crippen LogP) is 3.28. The van der Waals surface area contributed by atoms with Crippen LogP contribution in [-0.4, -0.2) is 16.5 Å². The zero-order chi connectivity index (χ0) is 14.7. The number of hydrazine groups is 1. The first-order valence-corrected chi connectivity index (χ1v) is 7.67. The van der Waals surface area contributed by atoms with Crippen molar-refractivity contribution in [2.24, 2.45) is 5.84 Å². The molecule has 0 aliphatic rings. The average molecular weight is 320 g/mol. The lowest BCUT2D eigenvalue weighted by Crippen LogP contribution is -2.13. The maximum absolute atomic E-state index is 5.93. The highest BCUT2D eigenvalue weighted by atomic mass is 35.5. The van der Waals surface area contributed by atoms with Gasteiger partial charge in [-0.25, -0.2) is 10.8 Å². The summed E-state index contributed by atoms with van der Waals surface area (Å²) in [5.74, 6) is 6.59. The van der Waals surface area contributed by atoms with E-state index >= 15 is 0 Å². The number of halogens is 1. The van der Waals surface area contributed by atoms with Crippen LogP contribution in [0.25, 0.3) is 10.9 Å². The van der Waals surface area contributed by atoms with Crippen LogP contribution >= 0.6 is 22.9 Å². The number of thiophene rings is 1. The van der Waals surface area contributed by atoms with Gasteiger partial charge in [0.15, 0.2) is 0 Å². The number of anilines is 2. The van der Waals surface area contributed by atoms with Crippen molar-refractivity contribution in [3.8, 4) is 0 Å². The molecule has 0 unspecified atom stereocenters. The summed E-state index contributed by atoms with van der Waals surface area (Å²) in [6, 6.07) is 11.8. The first-order chi connectivity index (χ1) is 10.3. The van der Waals surface area contributed by atoms with Crippen LogP contribution in [0.2, 0.25) is 4.34 Å². The quantitative estimate of drug-likeness (QED) is 0.497. The van der Waals surface area contributed by atoms with Gasteiger partial charge in [0, 0.05) is 16.8 Å². The van der Waals surface area contributed by atoms with E-state index < -0.39 is 0 Å². The third-order valence-electron chi connectivity index (χ3n) is 3.03. The minimum Gasteiger partial charge on any atom is -0.369 e. The number of benzene rings is 1. The highest BCUT2D eigenvalue weighted by Gasteiger charge is 2.06. The van der Waals surface area contributed by atoms with Crippen LogP contribution in [0.15, 0.2) is 36.4 Å². The lowest BCUT2D eigenvalue weighted by atomic mass is 10.2. The summed E-state index contributed by atoms with van der Waals surface area (Å²) in [6.07, 6.45) is 0.890. The number of fused-ring (bicyclic) bond motifs is 1. The van der Waals surface area contributed by atoms with E-state index in [2.05, 4.69) is 20.7 Å². The zero-order valence-electron chi connectivity index (χ0n) is 11.1. The molecule has 108 valence electrons. The Labute approximate surface area is 131 Å². The van der Waals surface area contributed by atoms with E-state index in [1.165, 1.54) is 4.88 Å². The van der Waals surface area contributed by atoms with Gasteiger partial charge in [0.2, 0.25) is 5.95 Å². The van der Waals surface area contributed by atoms with E-state index in [1.54, 1.807) is 11.3 Å². The van der Waals surface area contributed by atoms with Gasteiger partial charge in [-0.2, -0.15) is 4.98 Å². The maximum atomic E-state index is 5.93. The summed E-state index contributed by atoms with van der Waals surface area (Å²) in [7, 11) is 0. The Morgan fingerprint density at radius 2 is 2.00 bits per heavy atom. The summed E-state index contributed by atoms with van der Waals surface area (Å²) in [4.78, 5) is 9.94. The second-order valence-electron chi connectivity index (χ2n) is 4.44. The SMILES string of the molecule is NNc1nc(NCCc2ccc(Cl)s2)c2ccccc2n1. The maximum Gasteiger partial charge on any atom is 0.239 e. The van der Waals surface area contributed by atoms with Crippen molar-refractivity contribution in [1.82, 2.24) is 9.97 Å². The number of nitrogens with two attached hydrogens (primary N) is 1. The minimum atomic E-state index is 0.398. The van der Waals surface area contributed by atoms with Crippen LogP contribution in [0.1, 0.15) is 4.88 Å². The highest BCUT2D eigenvalue weighted by molar-refractivity contribution is 7.16. The number of para-hydroxylation sites is 1. The first-order valence-electron chi connectivity index (χ1n) is 6.48. The van der Waals surface area contributed by atoms with Gasteiger partial charge in [-0.15, -0.1) is 11.3 Å². The third kappa shape index (κ3) is 3.24. The summed E-state index contributed by atoms with van der Waals surface area (Å²) in [6.45, 7) is 0.766. The Balaban J connectivity index is 1.79. The molecule has 0 aliphatic carbocycles. The standard InChI is InChI=1S/C14H14ClN5S/c15-12-6-5-9(21-12)7-8-17-13-10-3-1-2-4-11(10)18-14(19-13)20-16/h1-6H,7-8,16H2,(H2,17,18,19,20). The van der Waals surface area contributed by atoms with Crippen LogP contribution in [0.3, 0.4) is 0 Å². The molecule has 0 aliphatic heterocycles. The number of aromatic nitrogens is 2. The van der Waals surface area contributed by atoms with E-state index in [0.717, 1.165) is 34.0 Å². The first kappa shape index (κ1) is 14.1. The van der Waals surface area contributed by atoms with Gasteiger partial charge >= 0.3 is 0 Å². The number of nitrogens with zero attached hydrogens (tertiary/aromatic N) is 2. The summed E-state index contributed by atoms with van der Waals surface area (Å²) in [5, 5.41) is 4.31. The molecule has 3 aromatic rings. The van der Waals surface area contributed by atoms with Gasteiger partial charge < -0.3 is 5.32 Å². The Morgan fingerprint density at radius 1 is 1.14 bits per heavy atom. The van der Waals surface area contributed by atoms with Crippen LogP contribution in [0.5, 0.6) is 0 Å². The summed E-state index contributed by atoms with van der Waals surface area (Å²) < 4.78 is 0.812. The van der Waals surface area contributed by atoms with Gasteiger partial charge in [0.05, 0.1) is 9.85 Å². The molecule has 0 spiro atoms. The van der Waals surface area contributed by atoms with Crippen molar-refractivity contribution >= 4 is 45.6 Å². The topological polar surface area (TPSA) is 75.9 Å². The van der Waals surface area contributed by atoms with E-state index in [-0.39, 0.29) is 0 Å². The van der Waals surface area contributed by atoms with Crippen LogP contribution < -0.4 is 16.6 Å². The molecule has 5 nitrogen and oxygen atoms in total. The van der Waals surface area contributed by atoms with Crippen LogP contribution in [-0.2, 0) is 6.42 Å². The Bertz CT molecular complexity index is 758. The molecule has 0 amide bonds. The lowest BCUT2D eigenvalue weighted by Gasteiger charge is -2.10. The molecule has 0 radical (unpaired) electrons. The predicted molar refractivity (Wildman–Crippen MR) is 88.9 cm³/mol. The van der Waals surface area contributed by atoms with Crippen molar-refractivity contribution < 1.29 is 0 Å². The lowest BCUT2D eigenvalue weighted by molar-refractivity contribution is 1.02. The van der Waals surface area contributed by atoms with Crippen molar-refractivity contribution in [2.45, 2.75) is 6.42 Å². The summed E-state index contributed by atoms with van der Waals surface area (Å²) in [5.41, 5.74) is 3.34. The monoisotopic (exact) mass is 319 g/mol. The van der Waals surface area contributed by atoms with E-state index in [1.807, 2.05) is 36.4 Å². The largest absolute Gasteiger partial charge is 0.369 e. The molecule has 0 fully saturated rings. The minimum absolute atomic E-state index is 0.398. The molecule has 2 aromatic heterocycles. The van der Waals surface area contributed by atoms with Crippen molar-refractivity contribution in [2.75, 3.05) is 17.3 Å². The summed E-state index contributed by atoms with van der Waals surface area (Å²) >= 11 is 7.52. The number of hydrogen-bond acceptors (Lipinski definition) is 6. The van der Waals surface area contributed by atoms with E-state index in [0.29, 0.717) is 5.95 Å². The molecule has 4 N–H and O–H groups in total. The normalized spacial score (nSPS) is 10.8. The smallest absolute Gasteiger partial charge is 0.239 e. The second kappa shape index (κ2) is 6.26. The third-order valence-corrected chi connectivity index (χ3v) is 4.32. The molecule has 21 heavy (non-hydrogen) atoms. The number of rotatable bonds is 5. The number of nitrogens with one attached hydrogen (secondary N) is 2. The fraction of sp³-hybridized carbons (Fsp3) is 0.143. The number of hydrogen-bond donors (Lipinski definition) is 3. The molecule has 0 saturated carbocycles. The molecule has 0 saturated heterocycles. The van der Waals surface area contributed by atoms with Crippen molar-refractivity contribution in [1.29, 1.82) is 0 Å². The van der Waals surface area contributed by atoms with Crippen LogP contribution in [0.4, 0.5) is 11.8 Å². The number of nitrogen functional groups attached to an aromatic ring is 1. The average Bonchev–Trinajstić information content (AvgIpc) is 2.92. The van der Waals surface area contributed by atoms with Crippen molar-refractivity contribution in [3.05, 3.63) is 45.6 Å². The van der Waals surface area contributed by atoms with E-state index in [4.69, 9.17) is 17.4 Å². The fourth-order valence-corrected chi connectivity index (χ4v) is 3.15. The van der Waals surface area contributed by atoms with Gasteiger partial charge in [-0.05, 0) is 30.7 Å². The fourth-order valence-electron chi connectivity index (χ4n) is 2.07. The van der Waals surface area contributed by atoms with Gasteiger partial charge in [0.25, 0.3) is 0 Å². The van der Waals surface area contributed by atoms with Gasteiger partial charge in [0.1, 0.15) is 5.82 Å². The molecule has 0 bridgehead atoms. The second-order valence-corrected chi connectivity index (χ2v) is 6.24. The van der Waals surface area contributed by atoms with Crippen LogP contribution in [0, 0.1) is 0 Å². The zero-order valence-corrected chi connectivity index (χ0v) is 12.7. The van der Waals surface area contributed by atoms with Gasteiger partial charge in [-0.1, -0.05) is 23.7 Å². The molecular formula is C14H14ClN5S. The highest BCUT2D eigenvalue weighted by Crippen LogP contribution is 2.23. The molecule has 2 heterocycles. The Hall–Kier alpha value is -1.89. The molecule has 1 aromatic carbocycles.